The Hall–Kier alpha value is -2.68. The highest BCUT2D eigenvalue weighted by molar-refractivity contribution is 6.30. The lowest BCUT2D eigenvalue weighted by molar-refractivity contribution is -0.137. The van der Waals surface area contributed by atoms with Crippen LogP contribution >= 0.6 is 11.6 Å². The summed E-state index contributed by atoms with van der Waals surface area (Å²) in [5.41, 5.74) is 0.486. The SMILES string of the molecule is CCNc1ncnc(N2CCCC(N3CCCC(Nc4cc(F)cc(Cl)c4)C3=O)C2)c1F. The van der Waals surface area contributed by atoms with Crippen LogP contribution in [0.4, 0.5) is 26.1 Å². The first-order valence-electron chi connectivity index (χ1n) is 11.0. The maximum absolute atomic E-state index is 14.9. The van der Waals surface area contributed by atoms with Gasteiger partial charge in [-0.15, -0.1) is 0 Å². The molecule has 4 rings (SSSR count). The minimum Gasteiger partial charge on any atom is -0.374 e. The number of hydrogen-bond donors (Lipinski definition) is 2. The van der Waals surface area contributed by atoms with E-state index in [-0.39, 0.29) is 28.6 Å². The highest BCUT2D eigenvalue weighted by atomic mass is 35.5. The van der Waals surface area contributed by atoms with Gasteiger partial charge in [-0.25, -0.2) is 14.4 Å². The van der Waals surface area contributed by atoms with Crippen molar-refractivity contribution >= 4 is 34.8 Å². The van der Waals surface area contributed by atoms with Gasteiger partial charge < -0.3 is 20.4 Å². The van der Waals surface area contributed by atoms with Crippen molar-refractivity contribution in [3.05, 3.63) is 41.2 Å². The first-order valence-corrected chi connectivity index (χ1v) is 11.4. The van der Waals surface area contributed by atoms with E-state index in [1.165, 1.54) is 18.5 Å². The summed E-state index contributed by atoms with van der Waals surface area (Å²) in [6.07, 6.45) is 4.51. The highest BCUT2D eigenvalue weighted by Gasteiger charge is 2.36. The third kappa shape index (κ3) is 4.87. The molecule has 10 heteroatoms. The maximum atomic E-state index is 14.9. The van der Waals surface area contributed by atoms with Crippen LogP contribution in [0.5, 0.6) is 0 Å². The molecule has 1 aromatic carbocycles. The lowest BCUT2D eigenvalue weighted by Gasteiger charge is -2.43. The molecule has 7 nitrogen and oxygen atoms in total. The van der Waals surface area contributed by atoms with Gasteiger partial charge in [0.25, 0.3) is 0 Å². The topological polar surface area (TPSA) is 73.4 Å². The molecule has 2 aromatic rings. The van der Waals surface area contributed by atoms with E-state index in [0.29, 0.717) is 38.3 Å². The summed E-state index contributed by atoms with van der Waals surface area (Å²) in [7, 11) is 0. The van der Waals surface area contributed by atoms with Crippen LogP contribution in [-0.2, 0) is 4.79 Å². The Bertz CT molecular complexity index is 957. The number of likely N-dealkylation sites (tertiary alicyclic amines) is 1. The zero-order valence-electron chi connectivity index (χ0n) is 18.0. The molecule has 172 valence electrons. The zero-order valence-corrected chi connectivity index (χ0v) is 18.7. The van der Waals surface area contributed by atoms with E-state index in [2.05, 4.69) is 20.6 Å². The molecule has 2 saturated heterocycles. The second kappa shape index (κ2) is 9.85. The second-order valence-corrected chi connectivity index (χ2v) is 8.60. The highest BCUT2D eigenvalue weighted by Crippen LogP contribution is 2.28. The standard InChI is InChI=1S/C22H27ClF2N6O/c1-2-26-20-19(25)21(28-13-27-20)30-7-3-5-17(12-30)31-8-4-6-18(22(31)32)29-16-10-14(23)9-15(24)11-16/h9-11,13,17-18,29H,2-8,12H2,1H3,(H,26,27,28). The molecule has 2 N–H and O–H groups in total. The van der Waals surface area contributed by atoms with Gasteiger partial charge in [-0.3, -0.25) is 4.79 Å². The van der Waals surface area contributed by atoms with E-state index in [9.17, 15) is 13.6 Å². The van der Waals surface area contributed by atoms with Crippen LogP contribution in [0.25, 0.3) is 0 Å². The Morgan fingerprint density at radius 3 is 2.75 bits per heavy atom. The van der Waals surface area contributed by atoms with Gasteiger partial charge in [0.15, 0.2) is 11.6 Å². The molecule has 0 bridgehead atoms. The summed E-state index contributed by atoms with van der Waals surface area (Å²) >= 11 is 5.95. The number of halogens is 3. The molecule has 1 aromatic heterocycles. The lowest BCUT2D eigenvalue weighted by atomic mass is 9.97. The molecule has 0 saturated carbocycles. The van der Waals surface area contributed by atoms with E-state index in [1.54, 1.807) is 6.07 Å². The van der Waals surface area contributed by atoms with Gasteiger partial charge in [-0.05, 0) is 50.8 Å². The summed E-state index contributed by atoms with van der Waals surface area (Å²) in [5, 5.41) is 6.33. The molecule has 2 atom stereocenters. The second-order valence-electron chi connectivity index (χ2n) is 8.16. The molecule has 0 aliphatic carbocycles. The summed E-state index contributed by atoms with van der Waals surface area (Å²) in [6.45, 7) is 4.26. The van der Waals surface area contributed by atoms with E-state index >= 15 is 0 Å². The van der Waals surface area contributed by atoms with Crippen molar-refractivity contribution in [1.82, 2.24) is 14.9 Å². The monoisotopic (exact) mass is 464 g/mol. The predicted octanol–water partition coefficient (Wildman–Crippen LogP) is 3.91. The molecule has 2 aliphatic rings. The van der Waals surface area contributed by atoms with Crippen molar-refractivity contribution in [2.24, 2.45) is 0 Å². The van der Waals surface area contributed by atoms with Crippen LogP contribution in [0.15, 0.2) is 24.5 Å². The van der Waals surface area contributed by atoms with Gasteiger partial charge in [0.05, 0.1) is 0 Å². The Balaban J connectivity index is 1.47. The summed E-state index contributed by atoms with van der Waals surface area (Å²) in [6, 6.07) is 3.67. The number of carbonyl (C=O) groups is 1. The molecule has 3 heterocycles. The van der Waals surface area contributed by atoms with Crippen molar-refractivity contribution in [2.45, 2.75) is 44.7 Å². The number of aromatic nitrogens is 2. The molecule has 0 spiro atoms. The molecule has 2 fully saturated rings. The fourth-order valence-corrected chi connectivity index (χ4v) is 4.73. The fourth-order valence-electron chi connectivity index (χ4n) is 4.51. The third-order valence-electron chi connectivity index (χ3n) is 5.93. The van der Waals surface area contributed by atoms with Crippen LogP contribution < -0.4 is 15.5 Å². The van der Waals surface area contributed by atoms with Crippen molar-refractivity contribution < 1.29 is 13.6 Å². The smallest absolute Gasteiger partial charge is 0.245 e. The Kier molecular flexibility index (Phi) is 6.93. The average molecular weight is 465 g/mol. The van der Waals surface area contributed by atoms with Gasteiger partial charge in [0, 0.05) is 42.9 Å². The minimum atomic E-state index is -0.470. The zero-order chi connectivity index (χ0) is 22.7. The summed E-state index contributed by atoms with van der Waals surface area (Å²) in [5.74, 6) is -0.504. The normalized spacial score (nSPS) is 21.6. The number of carbonyl (C=O) groups excluding carboxylic acids is 1. The first-order chi connectivity index (χ1) is 15.5. The number of amides is 1. The van der Waals surface area contributed by atoms with Gasteiger partial charge >= 0.3 is 0 Å². The van der Waals surface area contributed by atoms with E-state index < -0.39 is 17.7 Å². The average Bonchev–Trinajstić information content (AvgIpc) is 2.76. The van der Waals surface area contributed by atoms with Crippen LogP contribution in [0.1, 0.15) is 32.6 Å². The van der Waals surface area contributed by atoms with E-state index in [0.717, 1.165) is 19.3 Å². The van der Waals surface area contributed by atoms with E-state index in [4.69, 9.17) is 11.6 Å². The minimum absolute atomic E-state index is 0.0278. The molecule has 32 heavy (non-hydrogen) atoms. The van der Waals surface area contributed by atoms with Crippen LogP contribution in [0.3, 0.4) is 0 Å². The summed E-state index contributed by atoms with van der Waals surface area (Å²) in [4.78, 5) is 25.2. The number of hydrogen-bond acceptors (Lipinski definition) is 6. The molecular weight excluding hydrogens is 438 g/mol. The van der Waals surface area contributed by atoms with Crippen molar-refractivity contribution in [3.63, 3.8) is 0 Å². The quantitative estimate of drug-likeness (QED) is 0.675. The Morgan fingerprint density at radius 1 is 1.16 bits per heavy atom. The lowest BCUT2D eigenvalue weighted by Crippen LogP contribution is -2.56. The number of benzene rings is 1. The molecular formula is C22H27ClF2N6O. The van der Waals surface area contributed by atoms with E-state index in [1.807, 2.05) is 16.7 Å². The molecule has 2 aliphatic heterocycles. The fraction of sp³-hybridized carbons (Fsp3) is 0.500. The van der Waals surface area contributed by atoms with Crippen LogP contribution in [-0.4, -0.2) is 59.0 Å². The molecule has 0 radical (unpaired) electrons. The number of rotatable bonds is 6. The van der Waals surface area contributed by atoms with Gasteiger partial charge in [-0.2, -0.15) is 4.39 Å². The van der Waals surface area contributed by atoms with Gasteiger partial charge in [0.2, 0.25) is 11.7 Å². The predicted molar refractivity (Wildman–Crippen MR) is 121 cm³/mol. The number of piperidine rings is 2. The van der Waals surface area contributed by atoms with Crippen LogP contribution in [0.2, 0.25) is 5.02 Å². The molecule has 1 amide bonds. The van der Waals surface area contributed by atoms with Crippen molar-refractivity contribution in [2.75, 3.05) is 41.7 Å². The first kappa shape index (κ1) is 22.5. The largest absolute Gasteiger partial charge is 0.374 e. The number of anilines is 3. The number of nitrogens with zero attached hydrogens (tertiary/aromatic N) is 4. The third-order valence-corrected chi connectivity index (χ3v) is 6.15. The maximum Gasteiger partial charge on any atom is 0.245 e. The van der Waals surface area contributed by atoms with Gasteiger partial charge in [-0.1, -0.05) is 11.6 Å². The summed E-state index contributed by atoms with van der Waals surface area (Å²) < 4.78 is 28.6. The molecule has 2 unspecified atom stereocenters. The van der Waals surface area contributed by atoms with Crippen molar-refractivity contribution in [3.8, 4) is 0 Å². The number of nitrogens with one attached hydrogen (secondary N) is 2. The Morgan fingerprint density at radius 2 is 1.97 bits per heavy atom. The van der Waals surface area contributed by atoms with Crippen molar-refractivity contribution in [1.29, 1.82) is 0 Å². The van der Waals surface area contributed by atoms with Gasteiger partial charge in [0.1, 0.15) is 18.2 Å². The van der Waals surface area contributed by atoms with Crippen LogP contribution in [0, 0.1) is 11.6 Å². The Labute approximate surface area is 191 Å².